The van der Waals surface area contributed by atoms with Crippen LogP contribution in [-0.2, 0) is 17.8 Å². The molecule has 5 nitrogen and oxygen atoms in total. The van der Waals surface area contributed by atoms with Gasteiger partial charge in [-0.2, -0.15) is 0 Å². The molecule has 1 N–H and O–H groups in total. The highest BCUT2D eigenvalue weighted by molar-refractivity contribution is 7.15. The highest BCUT2D eigenvalue weighted by atomic mass is 32.1. The van der Waals surface area contributed by atoms with Crippen LogP contribution in [0.2, 0.25) is 0 Å². The molecule has 3 aromatic rings. The fourth-order valence-electron chi connectivity index (χ4n) is 3.63. The number of anilines is 1. The Morgan fingerprint density at radius 2 is 1.81 bits per heavy atom. The van der Waals surface area contributed by atoms with Crippen LogP contribution in [0, 0.1) is 24.5 Å². The summed E-state index contributed by atoms with van der Waals surface area (Å²) in [4.78, 5) is 14.7. The Balaban J connectivity index is 1.26. The third-order valence-corrected chi connectivity index (χ3v) is 6.55. The van der Waals surface area contributed by atoms with Crippen LogP contribution in [0.1, 0.15) is 34.5 Å². The number of aromatic nitrogens is 2. The van der Waals surface area contributed by atoms with Crippen LogP contribution >= 0.6 is 11.3 Å². The third kappa shape index (κ3) is 5.44. The van der Waals surface area contributed by atoms with Gasteiger partial charge in [-0.25, -0.2) is 8.78 Å². The molecule has 1 aromatic heterocycles. The number of piperidine rings is 1. The maximum absolute atomic E-state index is 13.7. The Hall–Kier alpha value is -2.87. The zero-order chi connectivity index (χ0) is 21.8. The summed E-state index contributed by atoms with van der Waals surface area (Å²) in [6.07, 6.45) is 2.10. The quantitative estimate of drug-likeness (QED) is 0.620. The lowest BCUT2D eigenvalue weighted by Crippen LogP contribution is -2.40. The van der Waals surface area contributed by atoms with Crippen molar-refractivity contribution >= 4 is 22.4 Å². The summed E-state index contributed by atoms with van der Waals surface area (Å²) in [6, 6.07) is 11.4. The van der Waals surface area contributed by atoms with Gasteiger partial charge < -0.3 is 10.2 Å². The van der Waals surface area contributed by atoms with Crippen molar-refractivity contribution in [2.45, 2.75) is 32.7 Å². The van der Waals surface area contributed by atoms with Crippen molar-refractivity contribution < 1.29 is 13.6 Å². The van der Waals surface area contributed by atoms with Gasteiger partial charge in [-0.05, 0) is 54.7 Å². The minimum Gasteiger partial charge on any atom is -0.352 e. The largest absolute Gasteiger partial charge is 0.352 e. The number of hydrogen-bond donors (Lipinski definition) is 1. The van der Waals surface area contributed by atoms with Crippen molar-refractivity contribution in [3.8, 4) is 0 Å². The average Bonchev–Trinajstić information content (AvgIpc) is 3.24. The molecule has 0 unspecified atom stereocenters. The normalized spacial score (nSPS) is 14.6. The van der Waals surface area contributed by atoms with Gasteiger partial charge in [-0.3, -0.25) is 4.79 Å². The highest BCUT2D eigenvalue weighted by Gasteiger charge is 2.26. The lowest BCUT2D eigenvalue weighted by atomic mass is 9.96. The second-order valence-electron chi connectivity index (χ2n) is 7.84. The Morgan fingerprint density at radius 3 is 2.52 bits per heavy atom. The number of nitrogens with zero attached hydrogens (tertiary/aromatic N) is 3. The van der Waals surface area contributed by atoms with E-state index in [1.165, 1.54) is 29.5 Å². The summed E-state index contributed by atoms with van der Waals surface area (Å²) >= 11 is 1.53. The van der Waals surface area contributed by atoms with Gasteiger partial charge in [0.15, 0.2) is 0 Å². The molecular formula is C23H24F2N4OS. The predicted molar refractivity (Wildman–Crippen MR) is 117 cm³/mol. The van der Waals surface area contributed by atoms with E-state index in [-0.39, 0.29) is 23.5 Å². The summed E-state index contributed by atoms with van der Waals surface area (Å²) in [7, 11) is 0. The maximum atomic E-state index is 13.7. The molecule has 4 rings (SSSR count). The molecule has 162 valence electrons. The molecule has 1 aliphatic rings. The molecule has 0 spiro atoms. The van der Waals surface area contributed by atoms with Crippen molar-refractivity contribution in [2.24, 2.45) is 5.92 Å². The van der Waals surface area contributed by atoms with E-state index in [0.29, 0.717) is 18.5 Å². The van der Waals surface area contributed by atoms with Crippen LogP contribution in [0.3, 0.4) is 0 Å². The molecule has 1 amide bonds. The van der Waals surface area contributed by atoms with Crippen molar-refractivity contribution in [3.63, 3.8) is 0 Å². The minimum atomic E-state index is -0.254. The Bertz CT molecular complexity index is 1050. The van der Waals surface area contributed by atoms with E-state index in [1.807, 2.05) is 6.07 Å². The van der Waals surface area contributed by atoms with Crippen molar-refractivity contribution in [3.05, 3.63) is 75.8 Å². The van der Waals surface area contributed by atoms with Crippen molar-refractivity contribution in [1.29, 1.82) is 0 Å². The number of carbonyl (C=O) groups is 1. The fourth-order valence-corrected chi connectivity index (χ4v) is 4.56. The standard InChI is InChI=1S/C23H24F2N4OS/c1-15-2-3-17(12-20(15)25)14-26-22(30)18-8-10-29(11-9-18)23-28-27-21(31-23)13-16-4-6-19(24)7-5-16/h2-7,12,18H,8-11,13-14H2,1H3,(H,26,30). The average molecular weight is 443 g/mol. The van der Waals surface area contributed by atoms with E-state index in [0.717, 1.165) is 47.2 Å². The predicted octanol–water partition coefficient (Wildman–Crippen LogP) is 4.25. The molecule has 31 heavy (non-hydrogen) atoms. The number of halogens is 2. The molecule has 0 bridgehead atoms. The Kier molecular flexibility index (Phi) is 6.56. The van der Waals surface area contributed by atoms with Crippen LogP contribution in [0.4, 0.5) is 13.9 Å². The van der Waals surface area contributed by atoms with E-state index in [1.54, 1.807) is 25.1 Å². The summed E-state index contributed by atoms with van der Waals surface area (Å²) in [5, 5.41) is 13.2. The smallest absolute Gasteiger partial charge is 0.223 e. The number of nitrogens with one attached hydrogen (secondary N) is 1. The number of amides is 1. The fraction of sp³-hybridized carbons (Fsp3) is 0.348. The second-order valence-corrected chi connectivity index (χ2v) is 8.88. The highest BCUT2D eigenvalue weighted by Crippen LogP contribution is 2.27. The molecule has 0 aliphatic carbocycles. The first-order valence-electron chi connectivity index (χ1n) is 10.3. The summed E-state index contributed by atoms with van der Waals surface area (Å²) in [5.41, 5.74) is 2.35. The van der Waals surface area contributed by atoms with Gasteiger partial charge in [-0.1, -0.05) is 35.6 Å². The molecule has 1 saturated heterocycles. The first-order chi connectivity index (χ1) is 15.0. The van der Waals surface area contributed by atoms with Crippen LogP contribution in [0.25, 0.3) is 0 Å². The molecular weight excluding hydrogens is 418 g/mol. The second kappa shape index (κ2) is 9.51. The summed E-state index contributed by atoms with van der Waals surface area (Å²) in [6.45, 7) is 3.53. The summed E-state index contributed by atoms with van der Waals surface area (Å²) in [5.74, 6) is -0.552. The number of aryl methyl sites for hydroxylation is 1. The van der Waals surface area contributed by atoms with Gasteiger partial charge in [0.1, 0.15) is 16.6 Å². The molecule has 0 radical (unpaired) electrons. The van der Waals surface area contributed by atoms with Gasteiger partial charge in [0.25, 0.3) is 0 Å². The van der Waals surface area contributed by atoms with E-state index < -0.39 is 0 Å². The molecule has 1 aliphatic heterocycles. The van der Waals surface area contributed by atoms with Crippen molar-refractivity contribution in [2.75, 3.05) is 18.0 Å². The number of benzene rings is 2. The van der Waals surface area contributed by atoms with Gasteiger partial charge in [-0.15, -0.1) is 10.2 Å². The summed E-state index contributed by atoms with van der Waals surface area (Å²) < 4.78 is 26.7. The molecule has 1 fully saturated rings. The molecule has 0 saturated carbocycles. The van der Waals surface area contributed by atoms with Gasteiger partial charge in [0.05, 0.1) is 0 Å². The van der Waals surface area contributed by atoms with Gasteiger partial charge >= 0.3 is 0 Å². The van der Waals surface area contributed by atoms with Crippen molar-refractivity contribution in [1.82, 2.24) is 15.5 Å². The third-order valence-electron chi connectivity index (χ3n) is 5.56. The maximum Gasteiger partial charge on any atom is 0.223 e. The molecule has 8 heteroatoms. The number of rotatable bonds is 6. The van der Waals surface area contributed by atoms with Gasteiger partial charge in [0.2, 0.25) is 11.0 Å². The van der Waals surface area contributed by atoms with E-state index >= 15 is 0 Å². The first-order valence-corrected chi connectivity index (χ1v) is 11.1. The first kappa shape index (κ1) is 21.4. The SMILES string of the molecule is Cc1ccc(CNC(=O)C2CCN(c3nnc(Cc4ccc(F)cc4)s3)CC2)cc1F. The number of carbonyl (C=O) groups excluding carboxylic acids is 1. The minimum absolute atomic E-state index is 0.00916. The van der Waals surface area contributed by atoms with Gasteiger partial charge in [0, 0.05) is 32.0 Å². The lowest BCUT2D eigenvalue weighted by molar-refractivity contribution is -0.125. The monoisotopic (exact) mass is 442 g/mol. The van der Waals surface area contributed by atoms with E-state index in [4.69, 9.17) is 0 Å². The topological polar surface area (TPSA) is 58.1 Å². The molecule has 0 atom stereocenters. The zero-order valence-corrected chi connectivity index (χ0v) is 18.1. The Labute approximate surface area is 184 Å². The molecule has 2 heterocycles. The molecule has 2 aromatic carbocycles. The van der Waals surface area contributed by atoms with Crippen LogP contribution in [-0.4, -0.2) is 29.2 Å². The lowest BCUT2D eigenvalue weighted by Gasteiger charge is -2.30. The van der Waals surface area contributed by atoms with E-state index in [9.17, 15) is 13.6 Å². The zero-order valence-electron chi connectivity index (χ0n) is 17.3. The van der Waals surface area contributed by atoms with Crippen LogP contribution < -0.4 is 10.2 Å². The Morgan fingerprint density at radius 1 is 1.10 bits per heavy atom. The number of hydrogen-bond acceptors (Lipinski definition) is 5. The van der Waals surface area contributed by atoms with Crippen LogP contribution in [0.15, 0.2) is 42.5 Å². The van der Waals surface area contributed by atoms with Crippen LogP contribution in [0.5, 0.6) is 0 Å². The van der Waals surface area contributed by atoms with E-state index in [2.05, 4.69) is 20.4 Å².